The van der Waals surface area contributed by atoms with Gasteiger partial charge in [0.1, 0.15) is 5.82 Å². The molecule has 9 nitrogen and oxygen atoms in total. The van der Waals surface area contributed by atoms with Gasteiger partial charge >= 0.3 is 0 Å². The number of carbonyl (C=O) groups excluding carboxylic acids is 2. The average molecular weight is 606 g/mol. The van der Waals surface area contributed by atoms with Gasteiger partial charge in [0.15, 0.2) is 0 Å². The summed E-state index contributed by atoms with van der Waals surface area (Å²) in [7, 11) is -0.184. The summed E-state index contributed by atoms with van der Waals surface area (Å²) >= 11 is 0. The number of non-ortho nitro benzene ring substituents is 1. The molecule has 0 N–H and O–H groups in total. The topological polar surface area (TPSA) is 90.2 Å². The van der Waals surface area contributed by atoms with E-state index in [9.17, 15) is 19.7 Å². The molecular weight excluding hydrogens is 574 g/mol. The summed E-state index contributed by atoms with van der Waals surface area (Å²) in [5.74, 6) is 0.419. The normalized spacial score (nSPS) is 18.4. The first-order chi connectivity index (χ1) is 20.0. The number of halogens is 1. The molecule has 11 heteroatoms. The Hall–Kier alpha value is -3.99. The van der Waals surface area contributed by atoms with E-state index in [4.69, 9.17) is 0 Å². The molecule has 0 aliphatic carbocycles. The van der Waals surface area contributed by atoms with E-state index < -0.39 is 10.8 Å². The number of nitro benzene ring substituents is 1. The average Bonchev–Trinajstić information content (AvgIpc) is 3.56. The Labute approximate surface area is 253 Å². The highest BCUT2D eigenvalue weighted by molar-refractivity contribution is 8.16. The smallest absolute Gasteiger partial charge is 0.270 e. The second-order valence-corrected chi connectivity index (χ2v) is 11.9. The van der Waals surface area contributed by atoms with Gasteiger partial charge in [0.05, 0.1) is 21.7 Å². The maximum Gasteiger partial charge on any atom is 0.270 e. The maximum absolute atomic E-state index is 12.7. The number of para-hydroxylation sites is 1. The van der Waals surface area contributed by atoms with Crippen LogP contribution >= 0.6 is 23.1 Å². The number of hydrogen-bond donors (Lipinski definition) is 0. The zero-order valence-corrected chi connectivity index (χ0v) is 24.6. The first-order valence-electron chi connectivity index (χ1n) is 13.8. The molecule has 2 amide bonds. The van der Waals surface area contributed by atoms with Crippen molar-refractivity contribution in [2.75, 3.05) is 43.6 Å². The van der Waals surface area contributed by atoms with E-state index in [0.717, 1.165) is 39.1 Å². The van der Waals surface area contributed by atoms with Crippen LogP contribution in [0.4, 0.5) is 11.4 Å². The molecule has 218 valence electrons. The van der Waals surface area contributed by atoms with E-state index in [1.807, 2.05) is 6.07 Å². The van der Waals surface area contributed by atoms with Crippen LogP contribution in [0.3, 0.4) is 0 Å². The van der Waals surface area contributed by atoms with Crippen LogP contribution < -0.4 is 4.31 Å². The molecule has 1 fully saturated rings. The molecule has 6 rings (SSSR count). The molecule has 3 aliphatic heterocycles. The number of fused-ring (bicyclic) bond motifs is 1. The number of benzene rings is 3. The Morgan fingerprint density at radius 1 is 0.786 bits per heavy atom. The van der Waals surface area contributed by atoms with E-state index in [-0.39, 0.29) is 45.8 Å². The molecule has 0 saturated carbocycles. The van der Waals surface area contributed by atoms with Crippen LogP contribution in [0.15, 0.2) is 95.7 Å². The van der Waals surface area contributed by atoms with E-state index in [0.29, 0.717) is 13.0 Å². The van der Waals surface area contributed by atoms with Gasteiger partial charge in [-0.2, -0.15) is 0 Å². The molecule has 0 radical (unpaired) electrons. The van der Waals surface area contributed by atoms with Crippen molar-refractivity contribution >= 4 is 51.6 Å². The van der Waals surface area contributed by atoms with Crippen molar-refractivity contribution in [3.63, 3.8) is 0 Å². The largest absolute Gasteiger partial charge is 0.355 e. The quantitative estimate of drug-likeness (QED) is 0.106. The summed E-state index contributed by atoms with van der Waals surface area (Å²) in [6.45, 7) is 4.94. The van der Waals surface area contributed by atoms with E-state index in [1.54, 1.807) is 0 Å². The van der Waals surface area contributed by atoms with Crippen LogP contribution in [0.25, 0.3) is 0 Å². The number of anilines is 1. The van der Waals surface area contributed by atoms with Gasteiger partial charge in [-0.15, -0.1) is 12.4 Å². The number of allylic oxidation sites excluding steroid dienone is 1. The Morgan fingerprint density at radius 2 is 1.43 bits per heavy atom. The molecule has 0 aromatic heterocycles. The predicted octanol–water partition coefficient (Wildman–Crippen LogP) is 5.42. The third kappa shape index (κ3) is 5.83. The van der Waals surface area contributed by atoms with Gasteiger partial charge in [0.2, 0.25) is 0 Å². The highest BCUT2D eigenvalue weighted by atomic mass is 35.5. The number of rotatable bonds is 9. The van der Waals surface area contributed by atoms with Gasteiger partial charge in [0.25, 0.3) is 17.5 Å². The van der Waals surface area contributed by atoms with Crippen LogP contribution in [0, 0.1) is 10.1 Å². The molecule has 3 aliphatic rings. The summed E-state index contributed by atoms with van der Waals surface area (Å²) in [5, 5.41) is 13.4. The maximum atomic E-state index is 12.7. The first-order valence-corrected chi connectivity index (χ1v) is 15.1. The number of hydrogen-bond acceptors (Lipinski definition) is 7. The van der Waals surface area contributed by atoms with Crippen molar-refractivity contribution in [2.45, 2.75) is 17.7 Å². The van der Waals surface area contributed by atoms with Crippen LogP contribution in [0.5, 0.6) is 0 Å². The predicted molar refractivity (Wildman–Crippen MR) is 168 cm³/mol. The number of imide groups is 1. The van der Waals surface area contributed by atoms with Crippen LogP contribution in [-0.2, 0) is 0 Å². The zero-order chi connectivity index (χ0) is 28.3. The number of piperazine rings is 1. The minimum atomic E-state index is -0.552. The highest BCUT2D eigenvalue weighted by Gasteiger charge is 2.36. The fraction of sp³-hybridized carbons (Fsp3) is 0.258. The van der Waals surface area contributed by atoms with E-state index in [2.05, 4.69) is 80.1 Å². The van der Waals surface area contributed by atoms with Gasteiger partial charge in [-0.25, -0.2) is 0 Å². The Bertz CT molecular complexity index is 1540. The highest BCUT2D eigenvalue weighted by Crippen LogP contribution is 2.42. The monoisotopic (exact) mass is 605 g/mol. The third-order valence-corrected chi connectivity index (χ3v) is 9.63. The van der Waals surface area contributed by atoms with Crippen molar-refractivity contribution in [3.05, 3.63) is 112 Å². The molecule has 3 heterocycles. The summed E-state index contributed by atoms with van der Waals surface area (Å²) in [5.41, 5.74) is 1.37. The van der Waals surface area contributed by atoms with Gasteiger partial charge in [0, 0.05) is 49.8 Å². The first kappa shape index (κ1) is 29.5. The molecule has 0 spiro atoms. The van der Waals surface area contributed by atoms with Crippen LogP contribution in [-0.4, -0.2) is 76.1 Å². The molecule has 0 bridgehead atoms. The lowest BCUT2D eigenvalue weighted by molar-refractivity contribution is -0.384. The number of carbonyl (C=O) groups is 2. The molecule has 3 aromatic carbocycles. The van der Waals surface area contributed by atoms with Gasteiger partial charge in [-0.05, 0) is 61.2 Å². The summed E-state index contributed by atoms with van der Waals surface area (Å²) in [6, 6.07) is 25.0. The number of nitrogens with zero attached hydrogens (tertiary/aromatic N) is 5. The van der Waals surface area contributed by atoms with Gasteiger partial charge in [-0.3, -0.25) is 33.8 Å². The van der Waals surface area contributed by atoms with Crippen molar-refractivity contribution in [3.8, 4) is 0 Å². The van der Waals surface area contributed by atoms with E-state index in [1.165, 1.54) is 39.5 Å². The standard InChI is InChI=1S/C31H31N5O4S.ClH/c37-30-27-14-13-25(36(39)40)23-28(27)31(38)34(30)17-8-7-16-32-18-20-33(21-19-32)29-15-22-41(26-11-5-2-6-12-26)35(29)24-9-3-1-4-10-24;/h1-6,9-15,22-23H,7-8,16-21H2;1H. The molecule has 1 atom stereocenters. The van der Waals surface area contributed by atoms with Gasteiger partial charge < -0.3 is 4.90 Å². The molecule has 1 unspecified atom stereocenters. The molecule has 1 saturated heterocycles. The lowest BCUT2D eigenvalue weighted by atomic mass is 10.1. The molecule has 3 aromatic rings. The zero-order valence-electron chi connectivity index (χ0n) is 23.0. The Morgan fingerprint density at radius 3 is 2.12 bits per heavy atom. The fourth-order valence-corrected chi connectivity index (χ4v) is 7.45. The Balaban J connectivity index is 0.00000353. The fourth-order valence-electron chi connectivity index (χ4n) is 5.54. The van der Waals surface area contributed by atoms with Crippen molar-refractivity contribution in [1.29, 1.82) is 0 Å². The minimum absolute atomic E-state index is 0. The van der Waals surface area contributed by atoms with Crippen molar-refractivity contribution in [1.82, 2.24) is 14.7 Å². The lowest BCUT2D eigenvalue weighted by Crippen LogP contribution is -2.48. The van der Waals surface area contributed by atoms with Crippen LogP contribution in [0.1, 0.15) is 33.6 Å². The third-order valence-electron chi connectivity index (χ3n) is 7.69. The number of unbranched alkanes of at least 4 members (excludes halogenated alkanes) is 1. The summed E-state index contributed by atoms with van der Waals surface area (Å²) in [4.78, 5) is 43.4. The SMILES string of the molecule is Cl.O=C1c2ccc([N+](=O)[O-])cc2C(=O)N1CCCCN1CCN(C2=CC=S(c3ccccc3)N2c2ccccc2)CC1. The second-order valence-electron chi connectivity index (χ2n) is 10.2. The second kappa shape index (κ2) is 12.9. The van der Waals surface area contributed by atoms with Crippen molar-refractivity contribution in [2.24, 2.45) is 0 Å². The van der Waals surface area contributed by atoms with E-state index >= 15 is 0 Å². The molecular formula is C31H32ClN5O4S. The van der Waals surface area contributed by atoms with Gasteiger partial charge in [-0.1, -0.05) is 47.1 Å². The minimum Gasteiger partial charge on any atom is -0.355 e. The summed E-state index contributed by atoms with van der Waals surface area (Å²) < 4.78 is 2.45. The lowest BCUT2D eigenvalue weighted by Gasteiger charge is -2.40. The molecule has 42 heavy (non-hydrogen) atoms. The summed E-state index contributed by atoms with van der Waals surface area (Å²) in [6.07, 6.45) is 3.81. The van der Waals surface area contributed by atoms with Crippen molar-refractivity contribution < 1.29 is 14.5 Å². The Kier molecular flexibility index (Phi) is 9.06. The van der Waals surface area contributed by atoms with Crippen LogP contribution in [0.2, 0.25) is 0 Å². The number of amides is 2. The number of nitro groups is 1.